The van der Waals surface area contributed by atoms with Crippen molar-refractivity contribution in [1.82, 2.24) is 10.3 Å². The fraction of sp³-hybridized carbons (Fsp3) is 0.300. The van der Waals surface area contributed by atoms with Gasteiger partial charge in [-0.3, -0.25) is 4.79 Å². The first-order valence-electron chi connectivity index (χ1n) is 8.80. The lowest BCUT2D eigenvalue weighted by molar-refractivity contribution is -0.910. The van der Waals surface area contributed by atoms with Crippen LogP contribution in [0.25, 0.3) is 10.2 Å². The van der Waals surface area contributed by atoms with Crippen molar-refractivity contribution < 1.29 is 9.69 Å². The standard InChI is InChI=1S/C20H21N3OS/c24-19(21-13-15-7-2-1-3-8-15)14-23-12-6-10-17(23)20-22-16-9-4-5-11-18(16)25-20/h1-5,7-9,11,17H,6,10,12-14H2,(H,21,24)/p+1/t17-/m0/s1. The number of amides is 1. The number of benzene rings is 2. The summed E-state index contributed by atoms with van der Waals surface area (Å²) >= 11 is 1.77. The number of nitrogens with one attached hydrogen (secondary N) is 2. The number of hydrogen-bond donors (Lipinski definition) is 2. The van der Waals surface area contributed by atoms with Gasteiger partial charge in [0.25, 0.3) is 5.91 Å². The molecule has 128 valence electrons. The molecule has 2 N–H and O–H groups in total. The van der Waals surface area contributed by atoms with Crippen molar-refractivity contribution in [3.63, 3.8) is 0 Å². The van der Waals surface area contributed by atoms with E-state index in [-0.39, 0.29) is 5.91 Å². The molecule has 0 radical (unpaired) electrons. The quantitative estimate of drug-likeness (QED) is 0.740. The zero-order valence-electron chi connectivity index (χ0n) is 14.1. The van der Waals surface area contributed by atoms with E-state index in [2.05, 4.69) is 23.5 Å². The molecule has 0 saturated carbocycles. The summed E-state index contributed by atoms with van der Waals surface area (Å²) in [5.74, 6) is 0.117. The highest BCUT2D eigenvalue weighted by Gasteiger charge is 2.33. The molecule has 2 aromatic carbocycles. The molecule has 1 aliphatic rings. The molecule has 1 unspecified atom stereocenters. The van der Waals surface area contributed by atoms with E-state index < -0.39 is 0 Å². The minimum Gasteiger partial charge on any atom is -0.347 e. The van der Waals surface area contributed by atoms with Crippen molar-refractivity contribution in [1.29, 1.82) is 0 Å². The Bertz CT molecular complexity index is 829. The summed E-state index contributed by atoms with van der Waals surface area (Å²) in [6, 6.07) is 18.7. The highest BCUT2D eigenvalue weighted by molar-refractivity contribution is 7.18. The Balaban J connectivity index is 1.40. The lowest BCUT2D eigenvalue weighted by Crippen LogP contribution is -3.11. The second-order valence-corrected chi connectivity index (χ2v) is 7.62. The summed E-state index contributed by atoms with van der Waals surface area (Å²) in [6.07, 6.45) is 2.27. The maximum Gasteiger partial charge on any atom is 0.275 e. The average Bonchev–Trinajstić information content (AvgIpc) is 3.27. The molecule has 25 heavy (non-hydrogen) atoms. The first-order valence-corrected chi connectivity index (χ1v) is 9.62. The molecule has 4 rings (SSSR count). The summed E-state index contributed by atoms with van der Waals surface area (Å²) < 4.78 is 1.23. The van der Waals surface area contributed by atoms with E-state index >= 15 is 0 Å². The highest BCUT2D eigenvalue weighted by Crippen LogP contribution is 2.28. The van der Waals surface area contributed by atoms with Gasteiger partial charge in [0.1, 0.15) is 6.04 Å². The van der Waals surface area contributed by atoms with Crippen molar-refractivity contribution in [2.24, 2.45) is 0 Å². The van der Waals surface area contributed by atoms with Crippen LogP contribution >= 0.6 is 11.3 Å². The van der Waals surface area contributed by atoms with Gasteiger partial charge in [-0.25, -0.2) is 4.98 Å². The minimum absolute atomic E-state index is 0.117. The van der Waals surface area contributed by atoms with E-state index in [0.717, 1.165) is 30.5 Å². The number of rotatable bonds is 5. The smallest absolute Gasteiger partial charge is 0.275 e. The number of carbonyl (C=O) groups excluding carboxylic acids is 1. The predicted molar refractivity (Wildman–Crippen MR) is 101 cm³/mol. The van der Waals surface area contributed by atoms with Gasteiger partial charge in [0.05, 0.1) is 16.8 Å². The van der Waals surface area contributed by atoms with Crippen LogP contribution in [0.15, 0.2) is 54.6 Å². The second kappa shape index (κ2) is 7.33. The molecule has 1 aromatic heterocycles. The summed E-state index contributed by atoms with van der Waals surface area (Å²) in [4.78, 5) is 18.5. The topological polar surface area (TPSA) is 46.4 Å². The Morgan fingerprint density at radius 1 is 1.16 bits per heavy atom. The van der Waals surface area contributed by atoms with E-state index in [1.165, 1.54) is 14.6 Å². The Labute approximate surface area is 151 Å². The van der Waals surface area contributed by atoms with Gasteiger partial charge in [-0.2, -0.15) is 0 Å². The van der Waals surface area contributed by atoms with Gasteiger partial charge in [0, 0.05) is 19.4 Å². The van der Waals surface area contributed by atoms with Crippen LogP contribution in [0, 0.1) is 0 Å². The third kappa shape index (κ3) is 3.72. The first-order chi connectivity index (χ1) is 12.3. The number of quaternary nitrogens is 1. The van der Waals surface area contributed by atoms with Crippen LogP contribution in [0.3, 0.4) is 0 Å². The number of aromatic nitrogens is 1. The molecular weight excluding hydrogens is 330 g/mol. The molecule has 2 atom stereocenters. The Morgan fingerprint density at radius 3 is 2.80 bits per heavy atom. The molecule has 0 bridgehead atoms. The summed E-state index contributed by atoms with van der Waals surface area (Å²) in [5, 5.41) is 4.22. The van der Waals surface area contributed by atoms with Crippen molar-refractivity contribution in [3.05, 3.63) is 65.2 Å². The van der Waals surface area contributed by atoms with Crippen LogP contribution in [0.5, 0.6) is 0 Å². The van der Waals surface area contributed by atoms with Gasteiger partial charge < -0.3 is 10.2 Å². The minimum atomic E-state index is 0.117. The molecule has 3 aromatic rings. The zero-order valence-corrected chi connectivity index (χ0v) is 14.9. The molecule has 5 heteroatoms. The van der Waals surface area contributed by atoms with Crippen LogP contribution in [0.1, 0.15) is 29.5 Å². The van der Waals surface area contributed by atoms with E-state index in [9.17, 15) is 4.79 Å². The van der Waals surface area contributed by atoms with Gasteiger partial charge in [-0.15, -0.1) is 11.3 Å². The van der Waals surface area contributed by atoms with Gasteiger partial charge in [0.15, 0.2) is 11.6 Å². The number of para-hydroxylation sites is 1. The third-order valence-corrected chi connectivity index (χ3v) is 5.96. The van der Waals surface area contributed by atoms with E-state index in [1.54, 1.807) is 11.3 Å². The zero-order chi connectivity index (χ0) is 17.1. The summed E-state index contributed by atoms with van der Waals surface area (Å²) in [5.41, 5.74) is 2.21. The predicted octanol–water partition coefficient (Wildman–Crippen LogP) is 2.33. The SMILES string of the molecule is O=C(C[NH+]1CCC[C@H]1c1nc2ccccc2s1)NCc1ccccc1. The fourth-order valence-corrected chi connectivity index (χ4v) is 4.69. The Hall–Kier alpha value is -2.24. The number of carbonyl (C=O) groups is 1. The van der Waals surface area contributed by atoms with Gasteiger partial charge in [-0.05, 0) is 17.7 Å². The number of hydrogen-bond acceptors (Lipinski definition) is 3. The summed E-state index contributed by atoms with van der Waals surface area (Å²) in [6.45, 7) is 2.16. The van der Waals surface area contributed by atoms with Crippen LogP contribution in [0.4, 0.5) is 0 Å². The molecular formula is C20H22N3OS+. The maximum atomic E-state index is 12.4. The molecule has 1 amide bonds. The Morgan fingerprint density at radius 2 is 1.96 bits per heavy atom. The number of fused-ring (bicyclic) bond motifs is 1. The van der Waals surface area contributed by atoms with E-state index in [4.69, 9.17) is 4.98 Å². The fourth-order valence-electron chi connectivity index (χ4n) is 3.53. The van der Waals surface area contributed by atoms with E-state index in [0.29, 0.717) is 19.1 Å². The number of thiazole rings is 1. The van der Waals surface area contributed by atoms with Gasteiger partial charge in [0.2, 0.25) is 0 Å². The maximum absolute atomic E-state index is 12.4. The number of nitrogens with zero attached hydrogens (tertiary/aromatic N) is 1. The molecule has 4 nitrogen and oxygen atoms in total. The monoisotopic (exact) mass is 352 g/mol. The summed E-state index contributed by atoms with van der Waals surface area (Å²) in [7, 11) is 0. The lowest BCUT2D eigenvalue weighted by Gasteiger charge is -2.19. The molecule has 1 aliphatic heterocycles. The van der Waals surface area contributed by atoms with Crippen LogP contribution in [-0.2, 0) is 11.3 Å². The largest absolute Gasteiger partial charge is 0.347 e. The third-order valence-electron chi connectivity index (χ3n) is 4.81. The van der Waals surface area contributed by atoms with Crippen LogP contribution < -0.4 is 10.2 Å². The van der Waals surface area contributed by atoms with Crippen LogP contribution in [-0.4, -0.2) is 24.0 Å². The molecule has 2 heterocycles. The lowest BCUT2D eigenvalue weighted by atomic mass is 10.2. The molecule has 0 aliphatic carbocycles. The molecule has 1 fully saturated rings. The first kappa shape index (κ1) is 16.2. The molecule has 0 spiro atoms. The van der Waals surface area contributed by atoms with Crippen molar-refractivity contribution in [3.8, 4) is 0 Å². The van der Waals surface area contributed by atoms with Gasteiger partial charge in [-0.1, -0.05) is 42.5 Å². The van der Waals surface area contributed by atoms with Crippen molar-refractivity contribution >= 4 is 27.5 Å². The average molecular weight is 352 g/mol. The van der Waals surface area contributed by atoms with Crippen molar-refractivity contribution in [2.75, 3.05) is 13.1 Å². The number of likely N-dealkylation sites (tertiary alicyclic amines) is 1. The highest BCUT2D eigenvalue weighted by atomic mass is 32.1. The Kier molecular flexibility index (Phi) is 4.76. The van der Waals surface area contributed by atoms with Crippen LogP contribution in [0.2, 0.25) is 0 Å². The molecule has 1 saturated heterocycles. The normalized spacial score (nSPS) is 20.0. The second-order valence-electron chi connectivity index (χ2n) is 6.56. The van der Waals surface area contributed by atoms with E-state index in [1.807, 2.05) is 36.4 Å². The van der Waals surface area contributed by atoms with Crippen molar-refractivity contribution in [2.45, 2.75) is 25.4 Å². The van der Waals surface area contributed by atoms with Gasteiger partial charge >= 0.3 is 0 Å².